The molecule has 6 heteroatoms. The Morgan fingerprint density at radius 3 is 2.52 bits per heavy atom. The van der Waals surface area contributed by atoms with Crippen LogP contribution in [0.2, 0.25) is 0 Å². The highest BCUT2D eigenvalue weighted by molar-refractivity contribution is 5.60. The SMILES string of the molecule is CCCNc1ccc([N+](=O)[O-])c(NCC(C)(C)C(C)C)n1. The number of nitro groups is 1. The molecule has 1 aromatic rings. The van der Waals surface area contributed by atoms with Gasteiger partial charge in [-0.05, 0) is 23.8 Å². The van der Waals surface area contributed by atoms with Crippen LogP contribution in [0.4, 0.5) is 17.3 Å². The second-order valence-electron chi connectivity index (χ2n) is 6.24. The fourth-order valence-corrected chi connectivity index (χ4v) is 1.60. The first-order chi connectivity index (χ1) is 9.77. The van der Waals surface area contributed by atoms with Crippen molar-refractivity contribution in [2.45, 2.75) is 41.0 Å². The normalized spacial score (nSPS) is 11.5. The molecule has 0 radical (unpaired) electrons. The number of rotatable bonds is 8. The minimum atomic E-state index is -0.401. The van der Waals surface area contributed by atoms with E-state index in [-0.39, 0.29) is 11.1 Å². The Hall–Kier alpha value is -1.85. The molecular weight excluding hydrogens is 268 g/mol. The van der Waals surface area contributed by atoms with Crippen LogP contribution < -0.4 is 10.6 Å². The summed E-state index contributed by atoms with van der Waals surface area (Å²) in [5.74, 6) is 1.45. The van der Waals surface area contributed by atoms with E-state index in [1.807, 2.05) is 0 Å². The zero-order valence-corrected chi connectivity index (χ0v) is 13.6. The lowest BCUT2D eigenvalue weighted by molar-refractivity contribution is -0.384. The standard InChI is InChI=1S/C15H26N4O2/c1-6-9-16-13-8-7-12(19(20)21)14(18-13)17-10-15(4,5)11(2)3/h7-8,11H,6,9-10H2,1-5H3,(H2,16,17,18). The average Bonchev–Trinajstić information content (AvgIpc) is 2.42. The van der Waals surface area contributed by atoms with E-state index in [4.69, 9.17) is 0 Å². The van der Waals surface area contributed by atoms with Gasteiger partial charge in [0.1, 0.15) is 5.82 Å². The van der Waals surface area contributed by atoms with E-state index in [0.29, 0.717) is 24.1 Å². The lowest BCUT2D eigenvalue weighted by atomic mass is 9.81. The van der Waals surface area contributed by atoms with Crippen LogP contribution in [0, 0.1) is 21.4 Å². The summed E-state index contributed by atoms with van der Waals surface area (Å²) in [6.45, 7) is 12.0. The van der Waals surface area contributed by atoms with E-state index < -0.39 is 4.92 Å². The van der Waals surface area contributed by atoms with Gasteiger partial charge in [0, 0.05) is 19.2 Å². The van der Waals surface area contributed by atoms with E-state index >= 15 is 0 Å². The second kappa shape index (κ2) is 7.24. The van der Waals surface area contributed by atoms with Crippen molar-refractivity contribution in [3.63, 3.8) is 0 Å². The highest BCUT2D eigenvalue weighted by atomic mass is 16.6. The maximum absolute atomic E-state index is 11.1. The first kappa shape index (κ1) is 17.2. The number of hydrogen-bond acceptors (Lipinski definition) is 5. The van der Waals surface area contributed by atoms with E-state index in [9.17, 15) is 10.1 Å². The van der Waals surface area contributed by atoms with Crippen LogP contribution in [0.25, 0.3) is 0 Å². The molecule has 0 atom stereocenters. The van der Waals surface area contributed by atoms with Crippen LogP contribution >= 0.6 is 0 Å². The molecule has 1 heterocycles. The number of aromatic nitrogens is 1. The first-order valence-electron chi connectivity index (χ1n) is 7.41. The minimum absolute atomic E-state index is 0.0107. The van der Waals surface area contributed by atoms with Gasteiger partial charge < -0.3 is 10.6 Å². The number of pyridine rings is 1. The summed E-state index contributed by atoms with van der Waals surface area (Å²) < 4.78 is 0. The molecule has 0 fully saturated rings. The highest BCUT2D eigenvalue weighted by Crippen LogP contribution is 2.29. The zero-order chi connectivity index (χ0) is 16.0. The van der Waals surface area contributed by atoms with E-state index in [1.165, 1.54) is 6.07 Å². The Labute approximate surface area is 126 Å². The van der Waals surface area contributed by atoms with Gasteiger partial charge in [-0.15, -0.1) is 0 Å². The van der Waals surface area contributed by atoms with Crippen LogP contribution in [0.5, 0.6) is 0 Å². The predicted octanol–water partition coefficient (Wildman–Crippen LogP) is 3.91. The van der Waals surface area contributed by atoms with Gasteiger partial charge >= 0.3 is 5.69 Å². The topological polar surface area (TPSA) is 80.1 Å². The molecule has 0 aliphatic carbocycles. The molecule has 0 amide bonds. The summed E-state index contributed by atoms with van der Waals surface area (Å²) in [6, 6.07) is 3.14. The number of hydrogen-bond donors (Lipinski definition) is 2. The molecule has 1 rings (SSSR count). The molecule has 0 bridgehead atoms. The smallest absolute Gasteiger partial charge is 0.311 e. The molecule has 0 saturated carbocycles. The van der Waals surface area contributed by atoms with Crippen molar-refractivity contribution in [2.24, 2.45) is 11.3 Å². The molecule has 0 spiro atoms. The second-order valence-corrected chi connectivity index (χ2v) is 6.24. The molecule has 2 N–H and O–H groups in total. The summed E-state index contributed by atoms with van der Waals surface area (Å²) in [5, 5.41) is 17.4. The molecule has 118 valence electrons. The third-order valence-electron chi connectivity index (χ3n) is 3.90. The Kier molecular flexibility index (Phi) is 5.93. The summed E-state index contributed by atoms with van der Waals surface area (Å²) in [5.41, 5.74) is 0.0409. The Morgan fingerprint density at radius 1 is 1.33 bits per heavy atom. The van der Waals surface area contributed by atoms with Gasteiger partial charge in [0.15, 0.2) is 0 Å². The van der Waals surface area contributed by atoms with Crippen molar-refractivity contribution in [1.29, 1.82) is 0 Å². The van der Waals surface area contributed by atoms with Crippen molar-refractivity contribution >= 4 is 17.3 Å². The molecule has 0 saturated heterocycles. The van der Waals surface area contributed by atoms with Gasteiger partial charge in [-0.25, -0.2) is 4.98 Å². The van der Waals surface area contributed by atoms with Crippen molar-refractivity contribution in [2.75, 3.05) is 23.7 Å². The van der Waals surface area contributed by atoms with Crippen LogP contribution in [0.15, 0.2) is 12.1 Å². The van der Waals surface area contributed by atoms with Crippen LogP contribution in [0.1, 0.15) is 41.0 Å². The van der Waals surface area contributed by atoms with Crippen molar-refractivity contribution < 1.29 is 4.92 Å². The Balaban J connectivity index is 2.93. The maximum Gasteiger partial charge on any atom is 0.311 e. The van der Waals surface area contributed by atoms with Crippen LogP contribution in [-0.4, -0.2) is 23.0 Å². The van der Waals surface area contributed by atoms with Gasteiger partial charge in [0.25, 0.3) is 0 Å². The lowest BCUT2D eigenvalue weighted by Gasteiger charge is -2.29. The minimum Gasteiger partial charge on any atom is -0.370 e. The lowest BCUT2D eigenvalue weighted by Crippen LogP contribution is -2.29. The zero-order valence-electron chi connectivity index (χ0n) is 13.6. The summed E-state index contributed by atoms with van der Waals surface area (Å²) in [6.07, 6.45) is 0.974. The molecule has 0 aromatic carbocycles. The predicted molar refractivity (Wildman–Crippen MR) is 86.8 cm³/mol. The molecule has 6 nitrogen and oxygen atoms in total. The van der Waals surface area contributed by atoms with Gasteiger partial charge in [-0.1, -0.05) is 34.6 Å². The molecule has 1 aromatic heterocycles. The van der Waals surface area contributed by atoms with E-state index in [1.54, 1.807) is 6.07 Å². The monoisotopic (exact) mass is 294 g/mol. The van der Waals surface area contributed by atoms with E-state index in [2.05, 4.69) is 50.2 Å². The summed E-state index contributed by atoms with van der Waals surface area (Å²) >= 11 is 0. The van der Waals surface area contributed by atoms with Crippen molar-refractivity contribution in [3.05, 3.63) is 22.2 Å². The summed E-state index contributed by atoms with van der Waals surface area (Å²) in [7, 11) is 0. The quantitative estimate of drug-likeness (QED) is 0.561. The third-order valence-corrected chi connectivity index (χ3v) is 3.90. The first-order valence-corrected chi connectivity index (χ1v) is 7.41. The van der Waals surface area contributed by atoms with Gasteiger partial charge in [0.2, 0.25) is 5.82 Å². The van der Waals surface area contributed by atoms with Crippen molar-refractivity contribution in [3.8, 4) is 0 Å². The van der Waals surface area contributed by atoms with Crippen LogP contribution in [-0.2, 0) is 0 Å². The largest absolute Gasteiger partial charge is 0.370 e. The number of anilines is 2. The fraction of sp³-hybridized carbons (Fsp3) is 0.667. The van der Waals surface area contributed by atoms with Crippen molar-refractivity contribution in [1.82, 2.24) is 4.98 Å². The number of nitrogens with one attached hydrogen (secondary N) is 2. The van der Waals surface area contributed by atoms with Crippen LogP contribution in [0.3, 0.4) is 0 Å². The van der Waals surface area contributed by atoms with Gasteiger partial charge in [-0.2, -0.15) is 0 Å². The molecule has 21 heavy (non-hydrogen) atoms. The Morgan fingerprint density at radius 2 is 2.00 bits per heavy atom. The highest BCUT2D eigenvalue weighted by Gasteiger charge is 2.24. The van der Waals surface area contributed by atoms with Gasteiger partial charge in [-0.3, -0.25) is 10.1 Å². The third kappa shape index (κ3) is 4.88. The number of nitrogens with zero attached hydrogens (tertiary/aromatic N) is 2. The molecule has 0 aliphatic rings. The molecule has 0 aliphatic heterocycles. The van der Waals surface area contributed by atoms with Gasteiger partial charge in [0.05, 0.1) is 4.92 Å². The average molecular weight is 294 g/mol. The maximum atomic E-state index is 11.1. The molecular formula is C15H26N4O2. The van der Waals surface area contributed by atoms with E-state index in [0.717, 1.165) is 13.0 Å². The summed E-state index contributed by atoms with van der Waals surface area (Å²) in [4.78, 5) is 15.0. The Bertz CT molecular complexity index is 487. The molecule has 0 unspecified atom stereocenters. The fourth-order valence-electron chi connectivity index (χ4n) is 1.60.